The van der Waals surface area contributed by atoms with E-state index >= 15 is 0 Å². The second kappa shape index (κ2) is 7.28. The van der Waals surface area contributed by atoms with E-state index in [4.69, 9.17) is 11.5 Å². The van der Waals surface area contributed by atoms with E-state index in [1.807, 2.05) is 0 Å². The summed E-state index contributed by atoms with van der Waals surface area (Å²) in [5.74, 6) is -0.542. The van der Waals surface area contributed by atoms with E-state index in [9.17, 15) is 18.7 Å². The molecule has 3 rings (SSSR count). The van der Waals surface area contributed by atoms with Gasteiger partial charge in [0.15, 0.2) is 0 Å². The van der Waals surface area contributed by atoms with Crippen LogP contribution >= 0.6 is 11.3 Å². The summed E-state index contributed by atoms with van der Waals surface area (Å²) in [6.45, 7) is 3.30. The van der Waals surface area contributed by atoms with Gasteiger partial charge < -0.3 is 21.9 Å². The number of carbonyl (C=O) groups excluding carboxylic acids is 1. The predicted molar refractivity (Wildman–Crippen MR) is 106 cm³/mol. The van der Waals surface area contributed by atoms with Crippen molar-refractivity contribution in [2.75, 3.05) is 17.7 Å². The number of fused-ring (bicyclic) bond motifs is 1. The Morgan fingerprint density at radius 2 is 2.07 bits per heavy atom. The van der Waals surface area contributed by atoms with Crippen molar-refractivity contribution >= 4 is 39.1 Å². The van der Waals surface area contributed by atoms with Gasteiger partial charge in [0.05, 0.1) is 28.9 Å². The number of amides is 1. The Labute approximate surface area is 163 Å². The Morgan fingerprint density at radius 3 is 2.68 bits per heavy atom. The van der Waals surface area contributed by atoms with Crippen molar-refractivity contribution in [3.63, 3.8) is 0 Å². The second-order valence-corrected chi connectivity index (χ2v) is 7.88. The number of aliphatic hydroxyl groups excluding tert-OH is 1. The van der Waals surface area contributed by atoms with Crippen LogP contribution in [0.2, 0.25) is 0 Å². The van der Waals surface area contributed by atoms with Crippen molar-refractivity contribution in [1.29, 1.82) is 0 Å². The average Bonchev–Trinajstić information content (AvgIpc) is 2.97. The third-order valence-electron chi connectivity index (χ3n) is 4.07. The minimum absolute atomic E-state index is 0.109. The Bertz CT molecular complexity index is 1050. The second-order valence-electron chi connectivity index (χ2n) is 6.88. The average molecular weight is 407 g/mol. The first-order valence-electron chi connectivity index (χ1n) is 8.30. The molecule has 6 N–H and O–H groups in total. The molecule has 0 spiro atoms. The molecule has 0 fully saturated rings. The van der Waals surface area contributed by atoms with Crippen LogP contribution in [0.15, 0.2) is 24.3 Å². The van der Waals surface area contributed by atoms with Crippen molar-refractivity contribution < 1.29 is 18.7 Å². The maximum atomic E-state index is 13.2. The number of benzene rings is 1. The summed E-state index contributed by atoms with van der Waals surface area (Å²) in [4.78, 5) is 21.0. The molecule has 0 aliphatic carbocycles. The number of primary amides is 1. The van der Waals surface area contributed by atoms with Crippen molar-refractivity contribution in [2.45, 2.75) is 25.8 Å². The van der Waals surface area contributed by atoms with E-state index in [0.717, 1.165) is 11.3 Å². The standard InChI is InChI=1S/C18H19F2N5O2S/c1-18(2,7-26)25-17-23-12(8-4-3-5-9(6-8)14(19)20)10-11(21)13(15(22)27)28-16(10)24-17/h3-6,14,26H,7,21H2,1-2H3,(H2,22,27)(H,23,24,25). The van der Waals surface area contributed by atoms with Gasteiger partial charge in [0.1, 0.15) is 9.71 Å². The van der Waals surface area contributed by atoms with E-state index in [1.165, 1.54) is 18.2 Å². The molecule has 2 heterocycles. The maximum absolute atomic E-state index is 13.2. The number of hydrogen-bond acceptors (Lipinski definition) is 7. The molecule has 10 heteroatoms. The number of nitrogens with two attached hydrogens (primary N) is 2. The number of nitrogens with one attached hydrogen (secondary N) is 1. The van der Waals surface area contributed by atoms with Gasteiger partial charge in [-0.15, -0.1) is 11.3 Å². The zero-order valence-corrected chi connectivity index (χ0v) is 16.0. The first-order valence-corrected chi connectivity index (χ1v) is 9.12. The molecule has 0 unspecified atom stereocenters. The number of hydrogen-bond donors (Lipinski definition) is 4. The monoisotopic (exact) mass is 407 g/mol. The predicted octanol–water partition coefficient (Wildman–Crippen LogP) is 3.16. The van der Waals surface area contributed by atoms with E-state index in [2.05, 4.69) is 15.3 Å². The Hall–Kier alpha value is -2.85. The largest absolute Gasteiger partial charge is 0.397 e. The van der Waals surface area contributed by atoms with Crippen LogP contribution in [0.3, 0.4) is 0 Å². The zero-order valence-electron chi connectivity index (χ0n) is 15.2. The summed E-state index contributed by atoms with van der Waals surface area (Å²) < 4.78 is 26.3. The van der Waals surface area contributed by atoms with Crippen LogP contribution in [0, 0.1) is 0 Å². The van der Waals surface area contributed by atoms with Crippen LogP contribution < -0.4 is 16.8 Å². The summed E-state index contributed by atoms with van der Waals surface area (Å²) >= 11 is 0.998. The van der Waals surface area contributed by atoms with Crippen molar-refractivity contribution in [2.24, 2.45) is 5.73 Å². The van der Waals surface area contributed by atoms with Gasteiger partial charge in [-0.25, -0.2) is 18.7 Å². The van der Waals surface area contributed by atoms with Crippen LogP contribution in [-0.2, 0) is 0 Å². The summed E-state index contributed by atoms with van der Waals surface area (Å²) in [6.07, 6.45) is -2.65. The van der Waals surface area contributed by atoms with E-state index < -0.39 is 17.9 Å². The van der Waals surface area contributed by atoms with Gasteiger partial charge in [-0.05, 0) is 19.9 Å². The molecule has 28 heavy (non-hydrogen) atoms. The lowest BCUT2D eigenvalue weighted by Gasteiger charge is -2.23. The zero-order chi connectivity index (χ0) is 20.6. The molecule has 148 valence electrons. The lowest BCUT2D eigenvalue weighted by atomic mass is 10.0. The molecule has 0 bridgehead atoms. The summed E-state index contributed by atoms with van der Waals surface area (Å²) in [6, 6.07) is 5.74. The minimum Gasteiger partial charge on any atom is -0.397 e. The maximum Gasteiger partial charge on any atom is 0.263 e. The lowest BCUT2D eigenvalue weighted by molar-refractivity contribution is 0.100. The van der Waals surface area contributed by atoms with Crippen LogP contribution in [0.4, 0.5) is 20.4 Å². The summed E-state index contributed by atoms with van der Waals surface area (Å²) in [5, 5.41) is 12.9. The summed E-state index contributed by atoms with van der Waals surface area (Å²) in [7, 11) is 0. The number of aliphatic hydroxyl groups is 1. The molecule has 0 aliphatic rings. The quantitative estimate of drug-likeness (QED) is 0.497. The highest BCUT2D eigenvalue weighted by molar-refractivity contribution is 7.21. The molecule has 2 aromatic heterocycles. The van der Waals surface area contributed by atoms with Gasteiger partial charge in [-0.2, -0.15) is 0 Å². The lowest BCUT2D eigenvalue weighted by Crippen LogP contribution is -2.35. The fraction of sp³-hybridized carbons (Fsp3) is 0.278. The van der Waals surface area contributed by atoms with E-state index in [0.29, 0.717) is 21.5 Å². The van der Waals surface area contributed by atoms with Crippen molar-refractivity contribution in [3.8, 4) is 11.3 Å². The molecule has 0 aliphatic heterocycles. The number of thiophene rings is 1. The van der Waals surface area contributed by atoms with Crippen LogP contribution in [0.1, 0.15) is 35.5 Å². The topological polar surface area (TPSA) is 127 Å². The van der Waals surface area contributed by atoms with Gasteiger partial charge in [0.2, 0.25) is 5.95 Å². The van der Waals surface area contributed by atoms with Gasteiger partial charge in [0.25, 0.3) is 12.3 Å². The third-order valence-corrected chi connectivity index (χ3v) is 5.18. The molecule has 3 aromatic rings. The molecule has 1 amide bonds. The van der Waals surface area contributed by atoms with Crippen LogP contribution in [0.25, 0.3) is 21.5 Å². The molecule has 7 nitrogen and oxygen atoms in total. The summed E-state index contributed by atoms with van der Waals surface area (Å²) in [5.41, 5.74) is 11.4. The number of anilines is 2. The minimum atomic E-state index is -2.65. The Balaban J connectivity index is 2.29. The molecule has 0 saturated heterocycles. The molecule has 0 radical (unpaired) electrons. The highest BCUT2D eigenvalue weighted by Gasteiger charge is 2.24. The van der Waals surface area contributed by atoms with Crippen LogP contribution in [-0.4, -0.2) is 33.1 Å². The number of nitrogen functional groups attached to an aromatic ring is 1. The number of rotatable bonds is 6. The van der Waals surface area contributed by atoms with Gasteiger partial charge >= 0.3 is 0 Å². The highest BCUT2D eigenvalue weighted by Crippen LogP contribution is 2.39. The van der Waals surface area contributed by atoms with Gasteiger partial charge in [-0.1, -0.05) is 18.2 Å². The Morgan fingerprint density at radius 1 is 1.36 bits per heavy atom. The highest BCUT2D eigenvalue weighted by atomic mass is 32.1. The van der Waals surface area contributed by atoms with Crippen molar-refractivity contribution in [3.05, 3.63) is 34.7 Å². The molecule has 0 atom stereocenters. The Kier molecular flexibility index (Phi) is 5.18. The molecule has 1 aromatic carbocycles. The van der Waals surface area contributed by atoms with Crippen molar-refractivity contribution in [1.82, 2.24) is 9.97 Å². The number of alkyl halides is 2. The fourth-order valence-electron chi connectivity index (χ4n) is 2.63. The third kappa shape index (κ3) is 3.73. The van der Waals surface area contributed by atoms with Gasteiger partial charge in [-0.3, -0.25) is 4.79 Å². The molecular formula is C18H19F2N5O2S. The van der Waals surface area contributed by atoms with E-state index in [-0.39, 0.29) is 28.7 Å². The first kappa shape index (κ1) is 19.9. The SMILES string of the molecule is CC(C)(CO)Nc1nc(-c2cccc(C(F)F)c2)c2c(N)c(C(N)=O)sc2n1. The fourth-order valence-corrected chi connectivity index (χ4v) is 3.58. The van der Waals surface area contributed by atoms with Gasteiger partial charge in [0, 0.05) is 11.1 Å². The smallest absolute Gasteiger partial charge is 0.263 e. The first-order chi connectivity index (χ1) is 13.1. The number of nitrogens with zero attached hydrogens (tertiary/aromatic N) is 2. The molecule has 0 saturated carbocycles. The number of halogens is 2. The number of carbonyl (C=O) groups is 1. The molecular weight excluding hydrogens is 388 g/mol. The van der Waals surface area contributed by atoms with E-state index in [1.54, 1.807) is 19.9 Å². The van der Waals surface area contributed by atoms with Crippen LogP contribution in [0.5, 0.6) is 0 Å². The normalized spacial score (nSPS) is 11.9. The number of aromatic nitrogens is 2.